The van der Waals surface area contributed by atoms with Crippen molar-refractivity contribution >= 4 is 17.5 Å². The van der Waals surface area contributed by atoms with Crippen LogP contribution in [0.3, 0.4) is 0 Å². The molecular formula is C11H10O5. The molecule has 0 radical (unpaired) electrons. The van der Waals surface area contributed by atoms with Crippen LogP contribution in [0, 0.1) is 0 Å². The lowest BCUT2D eigenvalue weighted by Gasteiger charge is -2.00. The maximum absolute atomic E-state index is 11.1. The third kappa shape index (κ3) is 2.84. The van der Waals surface area contributed by atoms with Gasteiger partial charge in [0.1, 0.15) is 11.5 Å². The molecule has 1 aromatic carbocycles. The summed E-state index contributed by atoms with van der Waals surface area (Å²) in [4.78, 5) is 21.8. The van der Waals surface area contributed by atoms with E-state index in [9.17, 15) is 14.7 Å². The summed E-state index contributed by atoms with van der Waals surface area (Å²) in [6.45, 7) is 0. The second-order valence-corrected chi connectivity index (χ2v) is 2.94. The predicted molar refractivity (Wildman–Crippen MR) is 55.7 cm³/mol. The number of rotatable bonds is 3. The van der Waals surface area contributed by atoms with Crippen LogP contribution < -0.4 is 0 Å². The van der Waals surface area contributed by atoms with Crippen molar-refractivity contribution in [2.75, 3.05) is 7.11 Å². The Kier molecular flexibility index (Phi) is 3.66. The molecule has 5 nitrogen and oxygen atoms in total. The summed E-state index contributed by atoms with van der Waals surface area (Å²) in [5.74, 6) is -2.50. The second kappa shape index (κ2) is 4.97. The molecule has 0 aliphatic heterocycles. The molecule has 0 amide bonds. The minimum Gasteiger partial charge on any atom is -0.508 e. The van der Waals surface area contributed by atoms with E-state index in [0.717, 1.165) is 13.2 Å². The Balaban J connectivity index is 2.93. The first-order chi connectivity index (χ1) is 7.54. The molecule has 0 bridgehead atoms. The van der Waals surface area contributed by atoms with Gasteiger partial charge in [-0.2, -0.15) is 0 Å². The molecule has 1 rings (SSSR count). The number of carbonyl (C=O) groups excluding carboxylic acids is 2. The zero-order valence-electron chi connectivity index (χ0n) is 8.51. The van der Waals surface area contributed by atoms with Crippen LogP contribution >= 0.6 is 0 Å². The number of ether oxygens (including phenoxy) is 1. The Morgan fingerprint density at radius 1 is 1.38 bits per heavy atom. The van der Waals surface area contributed by atoms with Crippen molar-refractivity contribution in [3.8, 4) is 5.75 Å². The van der Waals surface area contributed by atoms with E-state index < -0.39 is 17.5 Å². The number of hydrogen-bond acceptors (Lipinski definition) is 5. The summed E-state index contributed by atoms with van der Waals surface area (Å²) >= 11 is 0. The van der Waals surface area contributed by atoms with Crippen LogP contribution in [-0.4, -0.2) is 29.1 Å². The molecule has 16 heavy (non-hydrogen) atoms. The summed E-state index contributed by atoms with van der Waals surface area (Å²) in [6.07, 6.45) is 0.737. The lowest BCUT2D eigenvalue weighted by molar-refractivity contribution is -0.149. The maximum Gasteiger partial charge on any atom is 0.378 e. The number of aliphatic hydroxyl groups excluding tert-OH is 1. The van der Waals surface area contributed by atoms with E-state index in [1.54, 1.807) is 0 Å². The lowest BCUT2D eigenvalue weighted by atomic mass is 10.1. The van der Waals surface area contributed by atoms with Crippen molar-refractivity contribution in [2.45, 2.75) is 0 Å². The average Bonchev–Trinajstić information content (AvgIpc) is 2.27. The van der Waals surface area contributed by atoms with Crippen LogP contribution in [0.5, 0.6) is 5.75 Å². The molecule has 0 aliphatic rings. The van der Waals surface area contributed by atoms with Crippen LogP contribution in [0.1, 0.15) is 5.56 Å². The van der Waals surface area contributed by atoms with Crippen LogP contribution in [0.2, 0.25) is 0 Å². The second-order valence-electron chi connectivity index (χ2n) is 2.94. The standard InChI is InChI=1S/C11H10O5/c1-16-11(15)10(14)6-9(13)7-3-2-4-8(12)5-7/h2-6,12-13H,1H3/b9-6-. The van der Waals surface area contributed by atoms with Crippen LogP contribution in [0.4, 0.5) is 0 Å². The third-order valence-corrected chi connectivity index (χ3v) is 1.80. The summed E-state index contributed by atoms with van der Waals surface area (Å²) in [6, 6.07) is 5.66. The third-order valence-electron chi connectivity index (χ3n) is 1.80. The first-order valence-corrected chi connectivity index (χ1v) is 4.37. The van der Waals surface area contributed by atoms with Crippen molar-refractivity contribution in [1.29, 1.82) is 0 Å². The Morgan fingerprint density at radius 2 is 2.06 bits per heavy atom. The smallest absolute Gasteiger partial charge is 0.378 e. The molecule has 0 aliphatic carbocycles. The fourth-order valence-corrected chi connectivity index (χ4v) is 1.03. The molecule has 0 unspecified atom stereocenters. The summed E-state index contributed by atoms with van der Waals surface area (Å²) in [5, 5.41) is 18.6. The van der Waals surface area contributed by atoms with Crippen molar-refractivity contribution in [3.63, 3.8) is 0 Å². The van der Waals surface area contributed by atoms with Crippen molar-refractivity contribution < 1.29 is 24.5 Å². The van der Waals surface area contributed by atoms with Crippen molar-refractivity contribution in [3.05, 3.63) is 35.9 Å². The van der Waals surface area contributed by atoms with E-state index in [0.29, 0.717) is 0 Å². The Hall–Kier alpha value is -2.30. The Labute approximate surface area is 91.6 Å². The zero-order valence-corrected chi connectivity index (χ0v) is 8.51. The average molecular weight is 222 g/mol. The number of methoxy groups -OCH3 is 1. The van der Waals surface area contributed by atoms with Gasteiger partial charge in [-0.05, 0) is 12.1 Å². The van der Waals surface area contributed by atoms with Gasteiger partial charge in [0.2, 0.25) is 0 Å². The quantitative estimate of drug-likeness (QED) is 0.345. The maximum atomic E-state index is 11.1. The first kappa shape index (κ1) is 11.8. The van der Waals surface area contributed by atoms with E-state index in [1.807, 2.05) is 0 Å². The number of aliphatic hydroxyl groups is 1. The minimum absolute atomic E-state index is 0.0528. The fraction of sp³-hybridized carbons (Fsp3) is 0.0909. The number of phenolic OH excluding ortho intramolecular Hbond substituents is 1. The van der Waals surface area contributed by atoms with Gasteiger partial charge in [0.05, 0.1) is 7.11 Å². The predicted octanol–water partition coefficient (Wildman–Crippen LogP) is 1.03. The molecule has 0 saturated carbocycles. The van der Waals surface area contributed by atoms with Gasteiger partial charge in [0.25, 0.3) is 5.78 Å². The van der Waals surface area contributed by atoms with Gasteiger partial charge in [-0.25, -0.2) is 4.79 Å². The van der Waals surface area contributed by atoms with E-state index in [1.165, 1.54) is 24.3 Å². The highest BCUT2D eigenvalue weighted by molar-refractivity contribution is 6.39. The fourth-order valence-electron chi connectivity index (χ4n) is 1.03. The summed E-state index contributed by atoms with van der Waals surface area (Å²) < 4.78 is 4.18. The number of aromatic hydroxyl groups is 1. The molecule has 1 aromatic rings. The molecule has 0 saturated heterocycles. The molecule has 0 spiro atoms. The van der Waals surface area contributed by atoms with Crippen LogP contribution in [-0.2, 0) is 14.3 Å². The lowest BCUT2D eigenvalue weighted by Crippen LogP contribution is -2.13. The number of hydrogen-bond donors (Lipinski definition) is 2. The van der Waals surface area contributed by atoms with E-state index in [2.05, 4.69) is 4.74 Å². The zero-order chi connectivity index (χ0) is 12.1. The topological polar surface area (TPSA) is 83.8 Å². The van der Waals surface area contributed by atoms with E-state index in [4.69, 9.17) is 5.11 Å². The number of carbonyl (C=O) groups is 2. The Morgan fingerprint density at radius 3 is 2.62 bits per heavy atom. The first-order valence-electron chi connectivity index (χ1n) is 4.37. The highest BCUT2D eigenvalue weighted by atomic mass is 16.5. The number of phenols is 1. The molecule has 0 aromatic heterocycles. The molecule has 84 valence electrons. The van der Waals surface area contributed by atoms with Gasteiger partial charge in [-0.15, -0.1) is 0 Å². The number of benzene rings is 1. The number of ketones is 1. The molecule has 0 heterocycles. The molecule has 0 atom stereocenters. The monoisotopic (exact) mass is 222 g/mol. The number of esters is 1. The van der Waals surface area contributed by atoms with E-state index in [-0.39, 0.29) is 11.3 Å². The Bertz CT molecular complexity index is 447. The minimum atomic E-state index is -1.06. The molecular weight excluding hydrogens is 212 g/mol. The van der Waals surface area contributed by atoms with Gasteiger partial charge in [-0.1, -0.05) is 12.1 Å². The van der Waals surface area contributed by atoms with Crippen LogP contribution in [0.15, 0.2) is 30.3 Å². The normalized spacial score (nSPS) is 10.9. The SMILES string of the molecule is COC(=O)C(=O)/C=C(\O)c1cccc(O)c1. The summed E-state index contributed by atoms with van der Waals surface area (Å²) in [5.41, 5.74) is 0.234. The van der Waals surface area contributed by atoms with Gasteiger partial charge in [0, 0.05) is 11.6 Å². The van der Waals surface area contributed by atoms with Gasteiger partial charge in [-0.3, -0.25) is 4.79 Å². The van der Waals surface area contributed by atoms with E-state index >= 15 is 0 Å². The highest BCUT2D eigenvalue weighted by Gasteiger charge is 2.12. The molecule has 5 heteroatoms. The van der Waals surface area contributed by atoms with Crippen LogP contribution in [0.25, 0.3) is 5.76 Å². The van der Waals surface area contributed by atoms with Crippen molar-refractivity contribution in [2.24, 2.45) is 0 Å². The molecule has 2 N–H and O–H groups in total. The van der Waals surface area contributed by atoms with Gasteiger partial charge in [0.15, 0.2) is 0 Å². The van der Waals surface area contributed by atoms with Gasteiger partial charge >= 0.3 is 5.97 Å². The molecule has 0 fully saturated rings. The van der Waals surface area contributed by atoms with Crippen molar-refractivity contribution in [1.82, 2.24) is 0 Å². The highest BCUT2D eigenvalue weighted by Crippen LogP contribution is 2.17. The largest absolute Gasteiger partial charge is 0.508 e. The van der Waals surface area contributed by atoms with Gasteiger partial charge < -0.3 is 14.9 Å². The summed E-state index contributed by atoms with van der Waals surface area (Å²) in [7, 11) is 1.07.